The van der Waals surface area contributed by atoms with Gasteiger partial charge >= 0.3 is 11.7 Å². The van der Waals surface area contributed by atoms with E-state index in [-0.39, 0.29) is 17.9 Å². The SMILES string of the molecule is CC1(C)OC(=O)C(Cc2ccc(O)cc2)=[N+]1[O-]. The Balaban J connectivity index is 2.27. The molecule has 0 unspecified atom stereocenters. The molecule has 17 heavy (non-hydrogen) atoms. The molecule has 0 spiro atoms. The first kappa shape index (κ1) is 11.4. The first-order chi connectivity index (χ1) is 7.90. The van der Waals surface area contributed by atoms with E-state index in [1.54, 1.807) is 26.0 Å². The summed E-state index contributed by atoms with van der Waals surface area (Å²) < 4.78 is 5.56. The molecule has 1 aromatic carbocycles. The number of rotatable bonds is 2. The molecule has 5 nitrogen and oxygen atoms in total. The van der Waals surface area contributed by atoms with E-state index in [2.05, 4.69) is 0 Å². The van der Waals surface area contributed by atoms with Crippen LogP contribution in [0.15, 0.2) is 24.3 Å². The predicted molar refractivity (Wildman–Crippen MR) is 60.6 cm³/mol. The van der Waals surface area contributed by atoms with E-state index in [9.17, 15) is 10.0 Å². The van der Waals surface area contributed by atoms with Crippen molar-refractivity contribution >= 4 is 11.7 Å². The Kier molecular flexibility index (Phi) is 2.53. The van der Waals surface area contributed by atoms with Crippen molar-refractivity contribution in [3.8, 4) is 5.75 Å². The van der Waals surface area contributed by atoms with E-state index in [4.69, 9.17) is 9.84 Å². The van der Waals surface area contributed by atoms with Crippen LogP contribution in [0.4, 0.5) is 0 Å². The Bertz CT molecular complexity index is 488. The van der Waals surface area contributed by atoms with E-state index in [0.717, 1.165) is 5.56 Å². The fourth-order valence-electron chi connectivity index (χ4n) is 1.69. The Labute approximate surface area is 98.5 Å². The van der Waals surface area contributed by atoms with Gasteiger partial charge in [-0.05, 0) is 17.7 Å². The van der Waals surface area contributed by atoms with Crippen LogP contribution in [-0.4, -0.2) is 27.3 Å². The summed E-state index contributed by atoms with van der Waals surface area (Å²) in [5.41, 5.74) is -0.280. The molecule has 2 rings (SSSR count). The average Bonchev–Trinajstić information content (AvgIpc) is 2.44. The van der Waals surface area contributed by atoms with Crippen LogP contribution >= 0.6 is 0 Å². The standard InChI is InChI=1S/C12H13NO4/c1-12(2)13(16)10(11(15)17-12)7-8-3-5-9(14)6-4-8/h3-6,14H,7H2,1-2H3. The zero-order valence-electron chi connectivity index (χ0n) is 9.64. The number of ether oxygens (including phenoxy) is 1. The third-order valence-corrected chi connectivity index (χ3v) is 2.62. The van der Waals surface area contributed by atoms with E-state index >= 15 is 0 Å². The molecule has 0 saturated carbocycles. The average molecular weight is 235 g/mol. The number of nitrogens with zero attached hydrogens (tertiary/aromatic N) is 1. The number of carbonyl (C=O) groups excluding carboxylic acids is 1. The summed E-state index contributed by atoms with van der Waals surface area (Å²) in [6, 6.07) is 6.34. The van der Waals surface area contributed by atoms with Crippen LogP contribution in [0, 0.1) is 5.21 Å². The van der Waals surface area contributed by atoms with E-state index in [1.165, 1.54) is 12.1 Å². The number of carbonyl (C=O) groups is 1. The second-order valence-electron chi connectivity index (χ2n) is 4.42. The summed E-state index contributed by atoms with van der Waals surface area (Å²) in [6.45, 7) is 3.09. The van der Waals surface area contributed by atoms with Crippen molar-refractivity contribution in [2.75, 3.05) is 0 Å². The number of hydrogen-bond donors (Lipinski definition) is 1. The number of cyclic esters (lactones) is 1. The van der Waals surface area contributed by atoms with Crippen LogP contribution in [0.5, 0.6) is 5.75 Å². The topological polar surface area (TPSA) is 72.6 Å². The monoisotopic (exact) mass is 235 g/mol. The van der Waals surface area contributed by atoms with Crippen molar-refractivity contribution in [3.05, 3.63) is 35.0 Å². The van der Waals surface area contributed by atoms with Crippen molar-refractivity contribution < 1.29 is 19.4 Å². The second-order valence-corrected chi connectivity index (χ2v) is 4.42. The molecule has 0 aliphatic carbocycles. The zero-order chi connectivity index (χ0) is 12.6. The van der Waals surface area contributed by atoms with Gasteiger partial charge in [-0.2, -0.15) is 4.74 Å². The Morgan fingerprint density at radius 1 is 1.35 bits per heavy atom. The molecular weight excluding hydrogens is 222 g/mol. The molecule has 0 atom stereocenters. The third kappa shape index (κ3) is 2.08. The van der Waals surface area contributed by atoms with Crippen LogP contribution in [0.1, 0.15) is 19.4 Å². The minimum Gasteiger partial charge on any atom is -0.620 e. The summed E-state index contributed by atoms with van der Waals surface area (Å²) in [5, 5.41) is 20.9. The second kappa shape index (κ2) is 3.76. The Morgan fingerprint density at radius 3 is 2.41 bits per heavy atom. The number of hydroxylamine groups is 1. The van der Waals surface area contributed by atoms with Crippen LogP contribution in [0.25, 0.3) is 0 Å². The van der Waals surface area contributed by atoms with Gasteiger partial charge in [0.15, 0.2) is 0 Å². The highest BCUT2D eigenvalue weighted by molar-refractivity contribution is 6.35. The van der Waals surface area contributed by atoms with Gasteiger partial charge in [-0.25, -0.2) is 4.79 Å². The first-order valence-electron chi connectivity index (χ1n) is 5.24. The highest BCUT2D eigenvalue weighted by Crippen LogP contribution is 2.20. The number of hydrogen-bond acceptors (Lipinski definition) is 4. The predicted octanol–water partition coefficient (Wildman–Crippen LogP) is 1.18. The molecule has 5 heteroatoms. The molecule has 1 aromatic rings. The molecule has 0 fully saturated rings. The number of phenolic OH excluding ortho intramolecular Hbond substituents is 1. The molecule has 0 aromatic heterocycles. The van der Waals surface area contributed by atoms with Gasteiger partial charge in [-0.1, -0.05) is 12.1 Å². The molecule has 1 heterocycles. The first-order valence-corrected chi connectivity index (χ1v) is 5.24. The number of benzene rings is 1. The lowest BCUT2D eigenvalue weighted by atomic mass is 10.1. The molecule has 0 radical (unpaired) electrons. The molecule has 1 N–H and O–H groups in total. The van der Waals surface area contributed by atoms with Crippen molar-refractivity contribution in [2.24, 2.45) is 0 Å². The van der Waals surface area contributed by atoms with Gasteiger partial charge in [0.25, 0.3) is 5.71 Å². The smallest absolute Gasteiger partial charge is 0.405 e. The number of phenols is 1. The summed E-state index contributed by atoms with van der Waals surface area (Å²) in [5.74, 6) is -0.440. The maximum atomic E-state index is 11.8. The third-order valence-electron chi connectivity index (χ3n) is 2.62. The van der Waals surface area contributed by atoms with E-state index < -0.39 is 11.7 Å². The molecule has 1 aliphatic rings. The van der Waals surface area contributed by atoms with Crippen molar-refractivity contribution in [2.45, 2.75) is 26.0 Å². The van der Waals surface area contributed by atoms with Crippen LogP contribution < -0.4 is 0 Å². The Hall–Kier alpha value is -2.04. The maximum absolute atomic E-state index is 11.8. The van der Waals surface area contributed by atoms with Gasteiger partial charge in [0.1, 0.15) is 5.75 Å². The molecule has 0 saturated heterocycles. The van der Waals surface area contributed by atoms with Gasteiger partial charge in [0.2, 0.25) is 0 Å². The largest absolute Gasteiger partial charge is 0.620 e. The fraction of sp³-hybridized carbons (Fsp3) is 0.333. The van der Waals surface area contributed by atoms with Gasteiger partial charge < -0.3 is 15.1 Å². The Morgan fingerprint density at radius 2 is 1.94 bits per heavy atom. The van der Waals surface area contributed by atoms with Gasteiger partial charge in [-0.15, -0.1) is 0 Å². The molecule has 90 valence electrons. The van der Waals surface area contributed by atoms with E-state index in [0.29, 0.717) is 4.74 Å². The lowest BCUT2D eigenvalue weighted by Gasteiger charge is -2.15. The normalized spacial score (nSPS) is 18.4. The fourth-order valence-corrected chi connectivity index (χ4v) is 1.69. The number of aromatic hydroxyl groups is 1. The lowest BCUT2D eigenvalue weighted by Crippen LogP contribution is -2.31. The minimum atomic E-state index is -1.14. The summed E-state index contributed by atoms with van der Waals surface area (Å²) in [6.07, 6.45) is 0.200. The highest BCUT2D eigenvalue weighted by Gasteiger charge is 2.45. The minimum absolute atomic E-state index is 0.0840. The van der Waals surface area contributed by atoms with Crippen LogP contribution in [0.2, 0.25) is 0 Å². The summed E-state index contributed by atoms with van der Waals surface area (Å²) in [4.78, 5) is 11.5. The maximum Gasteiger partial charge on any atom is 0.405 e. The molecular formula is C12H13NO4. The quantitative estimate of drug-likeness (QED) is 0.474. The molecule has 1 aliphatic heterocycles. The zero-order valence-corrected chi connectivity index (χ0v) is 9.64. The van der Waals surface area contributed by atoms with Gasteiger partial charge in [0, 0.05) is 13.8 Å². The lowest BCUT2D eigenvalue weighted by molar-refractivity contribution is -0.579. The highest BCUT2D eigenvalue weighted by atomic mass is 16.6. The molecule has 0 bridgehead atoms. The van der Waals surface area contributed by atoms with E-state index in [1.807, 2.05) is 0 Å². The summed E-state index contributed by atoms with van der Waals surface area (Å²) >= 11 is 0. The number of esters is 1. The summed E-state index contributed by atoms with van der Waals surface area (Å²) in [7, 11) is 0. The van der Waals surface area contributed by atoms with Crippen molar-refractivity contribution in [3.63, 3.8) is 0 Å². The van der Waals surface area contributed by atoms with Crippen molar-refractivity contribution in [1.82, 2.24) is 0 Å². The van der Waals surface area contributed by atoms with Gasteiger partial charge in [0.05, 0.1) is 6.42 Å². The van der Waals surface area contributed by atoms with Gasteiger partial charge in [-0.3, -0.25) is 0 Å². The van der Waals surface area contributed by atoms with Crippen LogP contribution in [0.3, 0.4) is 0 Å². The molecule has 0 amide bonds. The van der Waals surface area contributed by atoms with Crippen molar-refractivity contribution in [1.29, 1.82) is 0 Å². The van der Waals surface area contributed by atoms with Crippen LogP contribution in [-0.2, 0) is 16.0 Å².